The highest BCUT2D eigenvalue weighted by molar-refractivity contribution is 5.94. The van der Waals surface area contributed by atoms with Gasteiger partial charge in [-0.05, 0) is 84.0 Å². The van der Waals surface area contributed by atoms with Crippen molar-refractivity contribution in [2.45, 2.75) is 41.0 Å². The van der Waals surface area contributed by atoms with E-state index in [0.717, 1.165) is 6.42 Å². The van der Waals surface area contributed by atoms with Crippen LogP contribution in [0.3, 0.4) is 0 Å². The molecule has 0 aliphatic heterocycles. The number of rotatable bonds is 4. The van der Waals surface area contributed by atoms with Gasteiger partial charge in [0.2, 0.25) is 5.69 Å². The summed E-state index contributed by atoms with van der Waals surface area (Å²) in [5.41, 5.74) is 10.6. The molecule has 0 spiro atoms. The van der Waals surface area contributed by atoms with Crippen LogP contribution in [0.25, 0.3) is 33.2 Å². The van der Waals surface area contributed by atoms with E-state index in [1.165, 1.54) is 55.4 Å². The van der Waals surface area contributed by atoms with Crippen LogP contribution in [0, 0.1) is 26.7 Å². The Labute approximate surface area is 181 Å². The maximum absolute atomic E-state index is 2.36. The van der Waals surface area contributed by atoms with Gasteiger partial charge < -0.3 is 0 Å². The lowest BCUT2D eigenvalue weighted by molar-refractivity contribution is -0.659. The minimum absolute atomic E-state index is 0.668. The summed E-state index contributed by atoms with van der Waals surface area (Å²) in [6.07, 6.45) is 3.31. The molecule has 0 atom stereocenters. The lowest BCUT2D eigenvalue weighted by Crippen LogP contribution is -2.30. The lowest BCUT2D eigenvalue weighted by atomic mass is 9.91. The molecule has 0 fully saturated rings. The van der Waals surface area contributed by atoms with E-state index in [2.05, 4.69) is 113 Å². The molecule has 0 saturated carbocycles. The van der Waals surface area contributed by atoms with Crippen molar-refractivity contribution < 1.29 is 4.57 Å². The Morgan fingerprint density at radius 1 is 0.800 bits per heavy atom. The molecule has 1 heteroatoms. The third-order valence-corrected chi connectivity index (χ3v) is 6.10. The Balaban J connectivity index is 1.85. The topological polar surface area (TPSA) is 3.88 Å². The second kappa shape index (κ2) is 8.07. The predicted molar refractivity (Wildman–Crippen MR) is 129 cm³/mol. The van der Waals surface area contributed by atoms with E-state index < -0.39 is 0 Å². The van der Waals surface area contributed by atoms with Gasteiger partial charge in [0.05, 0.1) is 5.39 Å². The van der Waals surface area contributed by atoms with Gasteiger partial charge in [-0.1, -0.05) is 56.3 Å². The quantitative estimate of drug-likeness (QED) is 0.324. The molecule has 4 aromatic rings. The molecule has 0 aliphatic rings. The third-order valence-electron chi connectivity index (χ3n) is 6.10. The van der Waals surface area contributed by atoms with Gasteiger partial charge in [-0.3, -0.25) is 0 Å². The number of nitrogens with zero attached hydrogens (tertiary/aromatic N) is 1. The van der Waals surface area contributed by atoms with Crippen LogP contribution in [0.4, 0.5) is 0 Å². The summed E-state index contributed by atoms with van der Waals surface area (Å²) in [5.74, 6) is 0.668. The number of hydrogen-bond donors (Lipinski definition) is 0. The number of fused-ring (bicyclic) bond motifs is 1. The van der Waals surface area contributed by atoms with Crippen LogP contribution >= 0.6 is 0 Å². The molecule has 0 radical (unpaired) electrons. The van der Waals surface area contributed by atoms with E-state index in [0.29, 0.717) is 5.92 Å². The Morgan fingerprint density at radius 2 is 1.53 bits per heavy atom. The van der Waals surface area contributed by atoms with Gasteiger partial charge in [0.25, 0.3) is 0 Å². The van der Waals surface area contributed by atoms with Crippen molar-refractivity contribution in [3.63, 3.8) is 0 Å². The molecule has 0 saturated heterocycles. The molecule has 4 rings (SSSR count). The van der Waals surface area contributed by atoms with Gasteiger partial charge in [-0.15, -0.1) is 0 Å². The standard InChI is InChI=1S/C29H32N/c1-19(2)16-23-10-12-27-24(18-23)14-15-30(6)29(27)26-13-11-25(17-22(26)5)28-20(3)8-7-9-21(28)4/h7-15,17-19H,16H2,1-6H3/q+1. The van der Waals surface area contributed by atoms with Crippen LogP contribution in [-0.4, -0.2) is 0 Å². The fraction of sp³-hybridized carbons (Fsp3) is 0.276. The summed E-state index contributed by atoms with van der Waals surface area (Å²) in [6, 6.07) is 22.7. The van der Waals surface area contributed by atoms with Gasteiger partial charge in [-0.25, -0.2) is 4.57 Å². The summed E-state index contributed by atoms with van der Waals surface area (Å²) in [7, 11) is 2.15. The highest BCUT2D eigenvalue weighted by Gasteiger charge is 2.18. The fourth-order valence-corrected chi connectivity index (χ4v) is 4.71. The summed E-state index contributed by atoms with van der Waals surface area (Å²) in [5, 5.41) is 2.63. The fourth-order valence-electron chi connectivity index (χ4n) is 4.71. The largest absolute Gasteiger partial charge is 0.220 e. The highest BCUT2D eigenvalue weighted by Crippen LogP contribution is 2.33. The van der Waals surface area contributed by atoms with Crippen molar-refractivity contribution in [1.82, 2.24) is 0 Å². The second-order valence-electron chi connectivity index (χ2n) is 9.09. The second-order valence-corrected chi connectivity index (χ2v) is 9.09. The lowest BCUT2D eigenvalue weighted by Gasteiger charge is -2.14. The Hall–Kier alpha value is -2.93. The zero-order chi connectivity index (χ0) is 21.4. The molecule has 1 aromatic heterocycles. The molecule has 152 valence electrons. The van der Waals surface area contributed by atoms with Crippen molar-refractivity contribution in [3.8, 4) is 22.4 Å². The van der Waals surface area contributed by atoms with E-state index in [9.17, 15) is 0 Å². The predicted octanol–water partition coefficient (Wildman–Crippen LogP) is 7.12. The van der Waals surface area contributed by atoms with Crippen molar-refractivity contribution >= 4 is 10.8 Å². The number of aromatic nitrogens is 1. The summed E-state index contributed by atoms with van der Waals surface area (Å²) in [6.45, 7) is 11.2. The molecule has 3 aromatic carbocycles. The molecule has 0 unspecified atom stereocenters. The van der Waals surface area contributed by atoms with Gasteiger partial charge in [-0.2, -0.15) is 0 Å². The highest BCUT2D eigenvalue weighted by atomic mass is 14.9. The Morgan fingerprint density at radius 3 is 2.20 bits per heavy atom. The van der Waals surface area contributed by atoms with E-state index in [4.69, 9.17) is 0 Å². The molecular weight excluding hydrogens is 362 g/mol. The van der Waals surface area contributed by atoms with Crippen LogP contribution in [-0.2, 0) is 13.5 Å². The molecule has 0 N–H and O–H groups in total. The van der Waals surface area contributed by atoms with Crippen LogP contribution in [0.5, 0.6) is 0 Å². The molecule has 0 aliphatic carbocycles. The van der Waals surface area contributed by atoms with Gasteiger partial charge in [0.1, 0.15) is 7.05 Å². The van der Waals surface area contributed by atoms with E-state index in [-0.39, 0.29) is 0 Å². The van der Waals surface area contributed by atoms with Crippen LogP contribution in [0.2, 0.25) is 0 Å². The summed E-state index contributed by atoms with van der Waals surface area (Å²) in [4.78, 5) is 0. The SMILES string of the molecule is Cc1cc(-c2c(C)cccc2C)ccc1-c1c2ccc(CC(C)C)cc2cc[n+]1C. The third kappa shape index (κ3) is 3.77. The zero-order valence-electron chi connectivity index (χ0n) is 19.1. The molecule has 1 nitrogen and oxygen atoms in total. The van der Waals surface area contributed by atoms with E-state index in [1.54, 1.807) is 0 Å². The van der Waals surface area contributed by atoms with Crippen molar-refractivity contribution in [1.29, 1.82) is 0 Å². The van der Waals surface area contributed by atoms with Crippen molar-refractivity contribution in [2.75, 3.05) is 0 Å². The van der Waals surface area contributed by atoms with E-state index in [1.807, 2.05) is 0 Å². The number of hydrogen-bond acceptors (Lipinski definition) is 0. The number of pyridine rings is 1. The first-order chi connectivity index (χ1) is 14.3. The average Bonchev–Trinajstić information content (AvgIpc) is 2.68. The maximum atomic E-state index is 2.36. The molecule has 0 amide bonds. The van der Waals surface area contributed by atoms with E-state index >= 15 is 0 Å². The van der Waals surface area contributed by atoms with Gasteiger partial charge in [0, 0.05) is 11.6 Å². The zero-order valence-corrected chi connectivity index (χ0v) is 19.1. The van der Waals surface area contributed by atoms with Gasteiger partial charge in [0.15, 0.2) is 6.20 Å². The first-order valence-corrected chi connectivity index (χ1v) is 10.9. The summed E-state index contributed by atoms with van der Waals surface area (Å²) < 4.78 is 2.26. The van der Waals surface area contributed by atoms with Crippen molar-refractivity contribution in [3.05, 3.63) is 89.1 Å². The Kier molecular flexibility index (Phi) is 5.47. The molecule has 30 heavy (non-hydrogen) atoms. The van der Waals surface area contributed by atoms with Gasteiger partial charge >= 0.3 is 0 Å². The first kappa shape index (κ1) is 20.3. The smallest absolute Gasteiger partial charge is 0.200 e. The monoisotopic (exact) mass is 394 g/mol. The minimum atomic E-state index is 0.668. The number of aryl methyl sites for hydroxylation is 4. The van der Waals surface area contributed by atoms with Crippen LogP contribution in [0.15, 0.2) is 66.9 Å². The van der Waals surface area contributed by atoms with Crippen molar-refractivity contribution in [2.24, 2.45) is 13.0 Å². The average molecular weight is 395 g/mol. The van der Waals surface area contributed by atoms with Crippen LogP contribution < -0.4 is 4.57 Å². The normalized spacial score (nSPS) is 11.4. The number of benzene rings is 3. The summed E-state index contributed by atoms with van der Waals surface area (Å²) >= 11 is 0. The Bertz CT molecular complexity index is 1210. The maximum Gasteiger partial charge on any atom is 0.220 e. The molecule has 1 heterocycles. The molecular formula is C29H32N+. The minimum Gasteiger partial charge on any atom is -0.200 e. The molecule has 0 bridgehead atoms. The first-order valence-electron chi connectivity index (χ1n) is 10.9. The van der Waals surface area contributed by atoms with Crippen LogP contribution in [0.1, 0.15) is 36.1 Å².